The van der Waals surface area contributed by atoms with Crippen LogP contribution >= 0.6 is 0 Å². The summed E-state index contributed by atoms with van der Waals surface area (Å²) in [5, 5.41) is 5.49. The van der Waals surface area contributed by atoms with Crippen LogP contribution in [0.15, 0.2) is 54.6 Å². The van der Waals surface area contributed by atoms with Crippen molar-refractivity contribution in [2.75, 3.05) is 10.6 Å². The van der Waals surface area contributed by atoms with Gasteiger partial charge in [-0.05, 0) is 48.0 Å². The summed E-state index contributed by atoms with van der Waals surface area (Å²) < 4.78 is 12.8. The Hall–Kier alpha value is -2.95. The molecule has 4 nitrogen and oxygen atoms in total. The summed E-state index contributed by atoms with van der Waals surface area (Å²) in [5.74, 6) is -0.769. The molecule has 0 heterocycles. The van der Waals surface area contributed by atoms with Crippen molar-refractivity contribution in [1.82, 2.24) is 0 Å². The highest BCUT2D eigenvalue weighted by Gasteiger charge is 2.06. The summed E-state index contributed by atoms with van der Waals surface area (Å²) >= 11 is 0. The fourth-order valence-corrected chi connectivity index (χ4v) is 1.85. The number of rotatable bonds is 5. The van der Waals surface area contributed by atoms with Gasteiger partial charge in [-0.1, -0.05) is 26.0 Å². The van der Waals surface area contributed by atoms with Crippen LogP contribution in [0.25, 0.3) is 6.08 Å². The lowest BCUT2D eigenvalue weighted by Crippen LogP contribution is -2.17. The SMILES string of the molecule is CC(C)C(=O)Nc1ccc(NC(=O)/C=C\c2ccc(F)cc2)cc1. The van der Waals surface area contributed by atoms with Gasteiger partial charge in [0, 0.05) is 23.4 Å². The number of anilines is 2. The molecule has 0 saturated heterocycles. The number of carbonyl (C=O) groups is 2. The van der Waals surface area contributed by atoms with Gasteiger partial charge in [-0.3, -0.25) is 9.59 Å². The zero-order chi connectivity index (χ0) is 17.5. The average Bonchev–Trinajstić information content (AvgIpc) is 2.56. The standard InChI is InChI=1S/C19H19FN2O2/c1-13(2)19(24)22-17-10-8-16(9-11-17)21-18(23)12-5-14-3-6-15(20)7-4-14/h3-13H,1-2H3,(H,21,23)(H,22,24)/b12-5-. The molecule has 2 aromatic rings. The maximum atomic E-state index is 12.8. The smallest absolute Gasteiger partial charge is 0.248 e. The van der Waals surface area contributed by atoms with Crippen LogP contribution in [0, 0.1) is 11.7 Å². The minimum absolute atomic E-state index is 0.0611. The quantitative estimate of drug-likeness (QED) is 0.814. The molecule has 2 aromatic carbocycles. The second kappa shape index (κ2) is 8.06. The van der Waals surface area contributed by atoms with Crippen LogP contribution in [0.4, 0.5) is 15.8 Å². The molecule has 0 atom stereocenters. The Bertz CT molecular complexity index is 735. The summed E-state index contributed by atoms with van der Waals surface area (Å²) in [7, 11) is 0. The van der Waals surface area contributed by atoms with E-state index in [1.807, 2.05) is 13.8 Å². The number of amides is 2. The summed E-state index contributed by atoms with van der Waals surface area (Å²) in [4.78, 5) is 23.5. The van der Waals surface area contributed by atoms with Crippen LogP contribution in [-0.2, 0) is 9.59 Å². The van der Waals surface area contributed by atoms with Crippen LogP contribution < -0.4 is 10.6 Å². The first-order chi connectivity index (χ1) is 11.4. The van der Waals surface area contributed by atoms with E-state index in [1.165, 1.54) is 18.2 Å². The van der Waals surface area contributed by atoms with Crippen LogP contribution in [0.5, 0.6) is 0 Å². The molecule has 24 heavy (non-hydrogen) atoms. The van der Waals surface area contributed by atoms with E-state index >= 15 is 0 Å². The predicted molar refractivity (Wildman–Crippen MR) is 94.0 cm³/mol. The predicted octanol–water partition coefficient (Wildman–Crippen LogP) is 4.07. The number of hydrogen-bond donors (Lipinski definition) is 2. The average molecular weight is 326 g/mol. The Balaban J connectivity index is 1.92. The highest BCUT2D eigenvalue weighted by Crippen LogP contribution is 2.14. The Morgan fingerprint density at radius 2 is 1.46 bits per heavy atom. The van der Waals surface area contributed by atoms with Crippen LogP contribution in [0.3, 0.4) is 0 Å². The van der Waals surface area contributed by atoms with Crippen molar-refractivity contribution < 1.29 is 14.0 Å². The maximum Gasteiger partial charge on any atom is 0.248 e. The fourth-order valence-electron chi connectivity index (χ4n) is 1.85. The molecule has 0 aliphatic carbocycles. The molecular formula is C19H19FN2O2. The summed E-state index contributed by atoms with van der Waals surface area (Å²) in [6.45, 7) is 3.63. The topological polar surface area (TPSA) is 58.2 Å². The number of nitrogens with one attached hydrogen (secondary N) is 2. The van der Waals surface area contributed by atoms with E-state index in [2.05, 4.69) is 10.6 Å². The highest BCUT2D eigenvalue weighted by atomic mass is 19.1. The molecule has 0 fully saturated rings. The van der Waals surface area contributed by atoms with Crippen LogP contribution in [0.1, 0.15) is 19.4 Å². The van der Waals surface area contributed by atoms with E-state index in [0.29, 0.717) is 11.4 Å². The van der Waals surface area contributed by atoms with Crippen molar-refractivity contribution in [3.8, 4) is 0 Å². The molecule has 0 spiro atoms. The van der Waals surface area contributed by atoms with E-state index in [1.54, 1.807) is 42.5 Å². The number of hydrogen-bond acceptors (Lipinski definition) is 2. The minimum atomic E-state index is -0.318. The van der Waals surface area contributed by atoms with Gasteiger partial charge in [0.15, 0.2) is 0 Å². The van der Waals surface area contributed by atoms with E-state index in [9.17, 15) is 14.0 Å². The molecule has 5 heteroatoms. The van der Waals surface area contributed by atoms with E-state index in [0.717, 1.165) is 5.56 Å². The van der Waals surface area contributed by atoms with Gasteiger partial charge in [0.1, 0.15) is 5.82 Å². The second-order valence-electron chi connectivity index (χ2n) is 5.60. The van der Waals surface area contributed by atoms with Crippen LogP contribution in [0.2, 0.25) is 0 Å². The molecular weight excluding hydrogens is 307 g/mol. The van der Waals surface area contributed by atoms with Gasteiger partial charge in [0.2, 0.25) is 11.8 Å². The maximum absolute atomic E-state index is 12.8. The van der Waals surface area contributed by atoms with Gasteiger partial charge < -0.3 is 10.6 Å². The van der Waals surface area contributed by atoms with Gasteiger partial charge in [-0.25, -0.2) is 4.39 Å². The highest BCUT2D eigenvalue weighted by molar-refractivity contribution is 6.02. The lowest BCUT2D eigenvalue weighted by molar-refractivity contribution is -0.119. The third-order valence-corrected chi connectivity index (χ3v) is 3.24. The van der Waals surface area contributed by atoms with Crippen molar-refractivity contribution in [2.45, 2.75) is 13.8 Å². The first-order valence-corrected chi connectivity index (χ1v) is 7.59. The lowest BCUT2D eigenvalue weighted by atomic mass is 10.2. The Kier molecular flexibility index (Phi) is 5.84. The number of benzene rings is 2. The largest absolute Gasteiger partial charge is 0.326 e. The molecule has 0 bridgehead atoms. The van der Waals surface area contributed by atoms with Gasteiger partial charge in [-0.15, -0.1) is 0 Å². The zero-order valence-corrected chi connectivity index (χ0v) is 13.5. The molecule has 2 rings (SSSR count). The van der Waals surface area contributed by atoms with Crippen molar-refractivity contribution in [3.63, 3.8) is 0 Å². The first kappa shape index (κ1) is 17.4. The van der Waals surface area contributed by atoms with Crippen molar-refractivity contribution >= 4 is 29.3 Å². The van der Waals surface area contributed by atoms with Crippen molar-refractivity contribution in [3.05, 3.63) is 66.0 Å². The molecule has 2 N–H and O–H groups in total. The number of carbonyl (C=O) groups excluding carboxylic acids is 2. The summed E-state index contributed by atoms with van der Waals surface area (Å²) in [5.41, 5.74) is 2.03. The number of halogens is 1. The first-order valence-electron chi connectivity index (χ1n) is 7.59. The normalized spacial score (nSPS) is 10.8. The molecule has 0 aromatic heterocycles. The minimum Gasteiger partial charge on any atom is -0.326 e. The Morgan fingerprint density at radius 3 is 2.00 bits per heavy atom. The molecule has 2 amide bonds. The molecule has 0 radical (unpaired) electrons. The summed E-state index contributed by atoms with van der Waals surface area (Å²) in [6, 6.07) is 12.7. The van der Waals surface area contributed by atoms with Gasteiger partial charge in [0.25, 0.3) is 0 Å². The van der Waals surface area contributed by atoms with Crippen molar-refractivity contribution in [1.29, 1.82) is 0 Å². The van der Waals surface area contributed by atoms with Gasteiger partial charge in [0.05, 0.1) is 0 Å². The third kappa shape index (κ3) is 5.35. The van der Waals surface area contributed by atoms with E-state index < -0.39 is 0 Å². The zero-order valence-electron chi connectivity index (χ0n) is 13.5. The monoisotopic (exact) mass is 326 g/mol. The Morgan fingerprint density at radius 1 is 0.917 bits per heavy atom. The molecule has 0 saturated carbocycles. The lowest BCUT2D eigenvalue weighted by Gasteiger charge is -2.08. The van der Waals surface area contributed by atoms with E-state index in [-0.39, 0.29) is 23.5 Å². The van der Waals surface area contributed by atoms with Crippen LogP contribution in [-0.4, -0.2) is 11.8 Å². The van der Waals surface area contributed by atoms with Gasteiger partial charge in [-0.2, -0.15) is 0 Å². The van der Waals surface area contributed by atoms with Crippen molar-refractivity contribution in [2.24, 2.45) is 5.92 Å². The fraction of sp³-hybridized carbons (Fsp3) is 0.158. The molecule has 0 aliphatic rings. The summed E-state index contributed by atoms with van der Waals surface area (Å²) in [6.07, 6.45) is 2.98. The molecule has 0 unspecified atom stereocenters. The molecule has 124 valence electrons. The van der Waals surface area contributed by atoms with E-state index in [4.69, 9.17) is 0 Å². The third-order valence-electron chi connectivity index (χ3n) is 3.24. The Labute approximate surface area is 140 Å². The second-order valence-corrected chi connectivity index (χ2v) is 5.60. The molecule has 0 aliphatic heterocycles. The van der Waals surface area contributed by atoms with Gasteiger partial charge >= 0.3 is 0 Å².